The fourth-order valence-electron chi connectivity index (χ4n) is 1.25. The first kappa shape index (κ1) is 12.8. The van der Waals surface area contributed by atoms with Gasteiger partial charge in [-0.3, -0.25) is 0 Å². The lowest BCUT2D eigenvalue weighted by atomic mass is 10.2. The molecule has 1 aromatic rings. The smallest absolute Gasteiger partial charge is 0.140 e. The maximum Gasteiger partial charge on any atom is 0.140 e. The van der Waals surface area contributed by atoms with Gasteiger partial charge in [0, 0.05) is 16.6 Å². The van der Waals surface area contributed by atoms with Crippen molar-refractivity contribution < 1.29 is 9.60 Å². The highest BCUT2D eigenvalue weighted by Crippen LogP contribution is 2.27. The van der Waals surface area contributed by atoms with E-state index in [0.29, 0.717) is 6.42 Å². The van der Waals surface area contributed by atoms with E-state index in [1.807, 2.05) is 6.92 Å². The molecule has 0 amide bonds. The third-order valence-corrected chi connectivity index (χ3v) is 3.51. The summed E-state index contributed by atoms with van der Waals surface area (Å²) in [5.41, 5.74) is 5.45. The van der Waals surface area contributed by atoms with Crippen LogP contribution in [0.15, 0.2) is 34.3 Å². The lowest BCUT2D eigenvalue weighted by Gasteiger charge is -2.13. The molecule has 0 aliphatic rings. The molecule has 16 heavy (non-hydrogen) atoms. The van der Waals surface area contributed by atoms with Crippen LogP contribution in [-0.2, 0) is 0 Å². The van der Waals surface area contributed by atoms with E-state index in [2.05, 4.69) is 5.16 Å². The molecule has 88 valence electrons. The van der Waals surface area contributed by atoms with E-state index in [1.165, 1.54) is 12.1 Å². The Balaban J connectivity index is 2.59. The number of amidine groups is 1. The van der Waals surface area contributed by atoms with Crippen LogP contribution in [0.4, 0.5) is 4.39 Å². The number of hydrogen-bond donors (Lipinski definition) is 2. The van der Waals surface area contributed by atoms with Crippen LogP contribution in [0, 0.1) is 5.82 Å². The molecule has 1 unspecified atom stereocenters. The van der Waals surface area contributed by atoms with E-state index in [9.17, 15) is 4.39 Å². The van der Waals surface area contributed by atoms with Crippen molar-refractivity contribution in [2.24, 2.45) is 10.9 Å². The van der Waals surface area contributed by atoms with E-state index < -0.39 is 0 Å². The number of rotatable bonds is 5. The number of oxime groups is 1. The second kappa shape index (κ2) is 6.37. The van der Waals surface area contributed by atoms with Gasteiger partial charge in [0.25, 0.3) is 0 Å². The molecule has 3 nitrogen and oxygen atoms in total. The summed E-state index contributed by atoms with van der Waals surface area (Å²) in [6.45, 7) is 2.03. The number of halogens is 1. The highest BCUT2D eigenvalue weighted by Gasteiger charge is 2.10. The molecule has 5 heteroatoms. The summed E-state index contributed by atoms with van der Waals surface area (Å²) >= 11 is 1.60. The van der Waals surface area contributed by atoms with Crippen LogP contribution in [0.1, 0.15) is 19.8 Å². The highest BCUT2D eigenvalue weighted by molar-refractivity contribution is 8.00. The molecule has 1 aromatic carbocycles. The Bertz CT molecular complexity index is 354. The Kier molecular flexibility index (Phi) is 5.11. The number of thioether (sulfide) groups is 1. The van der Waals surface area contributed by atoms with Gasteiger partial charge < -0.3 is 10.9 Å². The van der Waals surface area contributed by atoms with Crippen LogP contribution in [0.2, 0.25) is 0 Å². The van der Waals surface area contributed by atoms with Crippen LogP contribution in [0.3, 0.4) is 0 Å². The van der Waals surface area contributed by atoms with E-state index in [1.54, 1.807) is 23.9 Å². The molecule has 0 aliphatic heterocycles. The van der Waals surface area contributed by atoms with Gasteiger partial charge in [0.1, 0.15) is 11.7 Å². The number of hydrogen-bond acceptors (Lipinski definition) is 3. The van der Waals surface area contributed by atoms with E-state index >= 15 is 0 Å². The largest absolute Gasteiger partial charge is 0.409 e. The number of nitrogens with two attached hydrogens (primary N) is 1. The third kappa shape index (κ3) is 4.10. The minimum absolute atomic E-state index is 0.224. The summed E-state index contributed by atoms with van der Waals surface area (Å²) in [6.07, 6.45) is 1.42. The highest BCUT2D eigenvalue weighted by atomic mass is 32.2. The van der Waals surface area contributed by atoms with E-state index in [4.69, 9.17) is 10.9 Å². The van der Waals surface area contributed by atoms with Gasteiger partial charge in [-0.2, -0.15) is 0 Å². The van der Waals surface area contributed by atoms with Crippen LogP contribution < -0.4 is 5.73 Å². The second-order valence-electron chi connectivity index (χ2n) is 3.40. The summed E-state index contributed by atoms with van der Waals surface area (Å²) in [5.74, 6) is -0.0182. The van der Waals surface area contributed by atoms with Crippen molar-refractivity contribution in [3.63, 3.8) is 0 Å². The molecule has 0 aromatic heterocycles. The molecule has 0 aliphatic carbocycles. The van der Waals surface area contributed by atoms with Crippen molar-refractivity contribution in [2.45, 2.75) is 29.9 Å². The summed E-state index contributed by atoms with van der Waals surface area (Å²) in [6, 6.07) is 6.32. The fraction of sp³-hybridized carbons (Fsp3) is 0.364. The monoisotopic (exact) mass is 242 g/mol. The SMILES string of the molecule is CCC(C/C(N)=N/O)Sc1ccc(F)cc1. The zero-order valence-electron chi connectivity index (χ0n) is 9.06. The van der Waals surface area contributed by atoms with Gasteiger partial charge in [-0.1, -0.05) is 12.1 Å². The molecule has 3 N–H and O–H groups in total. The third-order valence-electron chi connectivity index (χ3n) is 2.14. The first-order chi connectivity index (χ1) is 7.65. The first-order valence-electron chi connectivity index (χ1n) is 5.04. The number of nitrogens with zero attached hydrogens (tertiary/aromatic N) is 1. The molecule has 0 radical (unpaired) electrons. The maximum absolute atomic E-state index is 12.7. The topological polar surface area (TPSA) is 58.6 Å². The summed E-state index contributed by atoms with van der Waals surface area (Å²) in [7, 11) is 0. The Morgan fingerprint density at radius 2 is 2.12 bits per heavy atom. The van der Waals surface area contributed by atoms with Crippen LogP contribution in [-0.4, -0.2) is 16.3 Å². The van der Waals surface area contributed by atoms with Crippen molar-refractivity contribution in [3.05, 3.63) is 30.1 Å². The Labute approximate surface area is 98.5 Å². The van der Waals surface area contributed by atoms with Crippen LogP contribution in [0.5, 0.6) is 0 Å². The minimum atomic E-state index is -0.242. The quantitative estimate of drug-likeness (QED) is 0.274. The molecule has 0 saturated carbocycles. The van der Waals surface area contributed by atoms with Gasteiger partial charge in [-0.25, -0.2) is 4.39 Å². The lowest BCUT2D eigenvalue weighted by Crippen LogP contribution is -2.18. The standard InChI is InChI=1S/C11H15FN2OS/c1-2-9(7-11(13)14-15)16-10-5-3-8(12)4-6-10/h3-6,9,15H,2,7H2,1H3,(H2,13,14). The van der Waals surface area contributed by atoms with Crippen LogP contribution in [0.25, 0.3) is 0 Å². The molecule has 0 fully saturated rings. The Hall–Kier alpha value is -1.23. The average molecular weight is 242 g/mol. The molecule has 1 atom stereocenters. The normalized spacial score (nSPS) is 13.8. The van der Waals surface area contributed by atoms with Gasteiger partial charge in [0.2, 0.25) is 0 Å². The van der Waals surface area contributed by atoms with Gasteiger partial charge in [-0.15, -0.1) is 11.8 Å². The Morgan fingerprint density at radius 1 is 1.50 bits per heavy atom. The van der Waals surface area contributed by atoms with Crippen molar-refractivity contribution in [2.75, 3.05) is 0 Å². The summed E-state index contributed by atoms with van der Waals surface area (Å²) in [4.78, 5) is 0.985. The summed E-state index contributed by atoms with van der Waals surface area (Å²) < 4.78 is 12.7. The van der Waals surface area contributed by atoms with E-state index in [0.717, 1.165) is 11.3 Å². The lowest BCUT2D eigenvalue weighted by molar-refractivity contribution is 0.316. The van der Waals surface area contributed by atoms with Crippen LogP contribution >= 0.6 is 11.8 Å². The first-order valence-corrected chi connectivity index (χ1v) is 5.92. The van der Waals surface area contributed by atoms with Crippen molar-refractivity contribution >= 4 is 17.6 Å². The van der Waals surface area contributed by atoms with E-state index in [-0.39, 0.29) is 16.9 Å². The molecular formula is C11H15FN2OS. The van der Waals surface area contributed by atoms with Crippen molar-refractivity contribution in [1.82, 2.24) is 0 Å². The van der Waals surface area contributed by atoms with Gasteiger partial charge in [0.05, 0.1) is 0 Å². The zero-order chi connectivity index (χ0) is 12.0. The van der Waals surface area contributed by atoms with Crippen molar-refractivity contribution in [1.29, 1.82) is 0 Å². The fourth-order valence-corrected chi connectivity index (χ4v) is 2.35. The Morgan fingerprint density at radius 3 is 2.62 bits per heavy atom. The van der Waals surface area contributed by atoms with Gasteiger partial charge in [0.15, 0.2) is 0 Å². The average Bonchev–Trinajstić information content (AvgIpc) is 2.30. The summed E-state index contributed by atoms with van der Waals surface area (Å²) in [5, 5.41) is 11.7. The molecule has 1 rings (SSSR count). The van der Waals surface area contributed by atoms with Gasteiger partial charge >= 0.3 is 0 Å². The molecular weight excluding hydrogens is 227 g/mol. The zero-order valence-corrected chi connectivity index (χ0v) is 9.88. The maximum atomic E-state index is 12.7. The molecule has 0 saturated heterocycles. The molecule has 0 spiro atoms. The second-order valence-corrected chi connectivity index (χ2v) is 4.77. The molecule has 0 heterocycles. The minimum Gasteiger partial charge on any atom is -0.409 e. The predicted molar refractivity (Wildman–Crippen MR) is 64.4 cm³/mol. The van der Waals surface area contributed by atoms with Gasteiger partial charge in [-0.05, 0) is 30.7 Å². The predicted octanol–water partition coefficient (Wildman–Crippen LogP) is 2.83. The number of benzene rings is 1. The van der Waals surface area contributed by atoms with Crippen molar-refractivity contribution in [3.8, 4) is 0 Å². The molecule has 0 bridgehead atoms.